The fourth-order valence-electron chi connectivity index (χ4n) is 2.94. The van der Waals surface area contributed by atoms with Gasteiger partial charge >= 0.3 is 0 Å². The molecule has 2 aromatic rings. The number of imidazole rings is 1. The Morgan fingerprint density at radius 1 is 1.05 bits per heavy atom. The van der Waals surface area contributed by atoms with Crippen LogP contribution in [0, 0.1) is 0 Å². The number of para-hydroxylation sites is 2. The molecule has 0 amide bonds. The Bertz CT molecular complexity index is 552. The van der Waals surface area contributed by atoms with E-state index in [4.69, 9.17) is 0 Å². The summed E-state index contributed by atoms with van der Waals surface area (Å²) in [6, 6.07) is 9.04. The Hall–Kier alpha value is -1.39. The number of nitrogens with zero attached hydrogens (tertiary/aromatic N) is 4. The Morgan fingerprint density at radius 3 is 2.55 bits per heavy atom. The summed E-state index contributed by atoms with van der Waals surface area (Å²) in [5.74, 6) is 0. The number of benzene rings is 1. The molecule has 0 radical (unpaired) electrons. The van der Waals surface area contributed by atoms with Crippen molar-refractivity contribution in [3.63, 3.8) is 0 Å². The number of piperazine rings is 1. The van der Waals surface area contributed by atoms with E-state index in [9.17, 15) is 0 Å². The molecule has 1 fully saturated rings. The van der Waals surface area contributed by atoms with Crippen molar-refractivity contribution < 1.29 is 0 Å². The summed E-state index contributed by atoms with van der Waals surface area (Å²) in [5.41, 5.74) is 2.34. The predicted octanol–water partition coefficient (Wildman–Crippen LogP) is 2.06. The highest BCUT2D eigenvalue weighted by Gasteiger charge is 2.18. The third kappa shape index (κ3) is 2.86. The van der Waals surface area contributed by atoms with Crippen LogP contribution in [0.4, 0.5) is 0 Å². The lowest BCUT2D eigenvalue weighted by Gasteiger charge is -2.36. The summed E-state index contributed by atoms with van der Waals surface area (Å²) in [7, 11) is 0. The Morgan fingerprint density at radius 2 is 1.80 bits per heavy atom. The average Bonchev–Trinajstić information content (AvgIpc) is 2.89. The highest BCUT2D eigenvalue weighted by Crippen LogP contribution is 2.12. The number of hydrogen-bond donors (Lipinski definition) is 0. The Kier molecular flexibility index (Phi) is 4.03. The molecule has 1 aromatic heterocycles. The minimum Gasteiger partial charge on any atom is -0.329 e. The summed E-state index contributed by atoms with van der Waals surface area (Å²) < 4.78 is 2.27. The second-order valence-corrected chi connectivity index (χ2v) is 5.90. The first-order valence-electron chi connectivity index (χ1n) is 7.60. The van der Waals surface area contributed by atoms with E-state index in [0.717, 1.165) is 18.6 Å². The molecular weight excluding hydrogens is 248 g/mol. The van der Waals surface area contributed by atoms with Gasteiger partial charge in [0.1, 0.15) is 0 Å². The van der Waals surface area contributed by atoms with Crippen LogP contribution in [0.15, 0.2) is 30.6 Å². The van der Waals surface area contributed by atoms with E-state index < -0.39 is 0 Å². The van der Waals surface area contributed by atoms with Crippen molar-refractivity contribution in [3.05, 3.63) is 30.6 Å². The maximum absolute atomic E-state index is 4.45. The second-order valence-electron chi connectivity index (χ2n) is 5.90. The van der Waals surface area contributed by atoms with Crippen LogP contribution in [0.1, 0.15) is 13.8 Å². The van der Waals surface area contributed by atoms with Crippen LogP contribution in [-0.4, -0.2) is 58.1 Å². The highest BCUT2D eigenvalue weighted by atomic mass is 15.3. The summed E-state index contributed by atoms with van der Waals surface area (Å²) in [4.78, 5) is 9.58. The number of aromatic nitrogens is 2. The van der Waals surface area contributed by atoms with Crippen LogP contribution >= 0.6 is 0 Å². The van der Waals surface area contributed by atoms with Crippen LogP contribution in [0.25, 0.3) is 11.0 Å². The third-order valence-electron chi connectivity index (χ3n) is 4.32. The van der Waals surface area contributed by atoms with Gasteiger partial charge in [0, 0.05) is 45.3 Å². The highest BCUT2D eigenvalue weighted by molar-refractivity contribution is 5.74. The van der Waals surface area contributed by atoms with Crippen LogP contribution in [0.2, 0.25) is 0 Å². The van der Waals surface area contributed by atoms with Gasteiger partial charge in [0.15, 0.2) is 0 Å². The molecule has 0 spiro atoms. The Balaban J connectivity index is 1.55. The van der Waals surface area contributed by atoms with Gasteiger partial charge in [-0.25, -0.2) is 4.98 Å². The molecule has 0 N–H and O–H groups in total. The molecule has 1 aromatic carbocycles. The predicted molar refractivity (Wildman–Crippen MR) is 82.9 cm³/mol. The zero-order valence-electron chi connectivity index (χ0n) is 12.5. The zero-order valence-corrected chi connectivity index (χ0v) is 12.5. The molecule has 1 aliphatic heterocycles. The lowest BCUT2D eigenvalue weighted by atomic mass is 10.2. The van der Waals surface area contributed by atoms with Gasteiger partial charge in [-0.15, -0.1) is 0 Å². The molecule has 3 rings (SSSR count). The van der Waals surface area contributed by atoms with E-state index in [2.05, 4.69) is 51.4 Å². The number of hydrogen-bond acceptors (Lipinski definition) is 3. The van der Waals surface area contributed by atoms with Crippen molar-refractivity contribution >= 4 is 11.0 Å². The van der Waals surface area contributed by atoms with Crippen LogP contribution < -0.4 is 0 Å². The van der Waals surface area contributed by atoms with Gasteiger partial charge in [0.05, 0.1) is 17.4 Å². The topological polar surface area (TPSA) is 24.3 Å². The first kappa shape index (κ1) is 13.6. The smallest absolute Gasteiger partial charge is 0.0958 e. The SMILES string of the molecule is CC(C)N1CCN(CCn2cnc3ccccc32)CC1. The minimum absolute atomic E-state index is 0.676. The fourth-order valence-corrected chi connectivity index (χ4v) is 2.94. The normalized spacial score (nSPS) is 18.1. The van der Waals surface area contributed by atoms with Crippen molar-refractivity contribution in [3.8, 4) is 0 Å². The molecule has 20 heavy (non-hydrogen) atoms. The third-order valence-corrected chi connectivity index (χ3v) is 4.32. The minimum atomic E-state index is 0.676. The number of rotatable bonds is 4. The van der Waals surface area contributed by atoms with Gasteiger partial charge < -0.3 is 4.57 Å². The molecule has 0 atom stereocenters. The Labute approximate surface area is 121 Å². The summed E-state index contributed by atoms with van der Waals surface area (Å²) in [5, 5.41) is 0. The van der Waals surface area contributed by atoms with Crippen molar-refractivity contribution in [1.82, 2.24) is 19.4 Å². The van der Waals surface area contributed by atoms with E-state index in [0.29, 0.717) is 6.04 Å². The summed E-state index contributed by atoms with van der Waals surface area (Å²) in [6.07, 6.45) is 1.97. The molecule has 2 heterocycles. The van der Waals surface area contributed by atoms with Crippen LogP contribution in [0.3, 0.4) is 0 Å². The van der Waals surface area contributed by atoms with Gasteiger partial charge in [-0.1, -0.05) is 12.1 Å². The van der Waals surface area contributed by atoms with Gasteiger partial charge in [0.25, 0.3) is 0 Å². The molecular formula is C16H24N4. The second kappa shape index (κ2) is 5.94. The fraction of sp³-hybridized carbons (Fsp3) is 0.562. The number of fused-ring (bicyclic) bond motifs is 1. The molecule has 0 unspecified atom stereocenters. The molecule has 1 aliphatic rings. The van der Waals surface area contributed by atoms with E-state index in [1.54, 1.807) is 0 Å². The van der Waals surface area contributed by atoms with Crippen molar-refractivity contribution in [2.75, 3.05) is 32.7 Å². The van der Waals surface area contributed by atoms with Gasteiger partial charge in [-0.05, 0) is 26.0 Å². The molecule has 4 nitrogen and oxygen atoms in total. The van der Waals surface area contributed by atoms with E-state index in [1.165, 1.54) is 31.7 Å². The van der Waals surface area contributed by atoms with Gasteiger partial charge in [-0.2, -0.15) is 0 Å². The maximum Gasteiger partial charge on any atom is 0.0958 e. The van der Waals surface area contributed by atoms with Crippen LogP contribution in [-0.2, 0) is 6.54 Å². The molecule has 4 heteroatoms. The standard InChI is InChI=1S/C16H24N4/c1-14(2)19-10-7-18(8-11-19)9-12-20-13-17-15-5-3-4-6-16(15)20/h3-6,13-14H,7-12H2,1-2H3. The monoisotopic (exact) mass is 272 g/mol. The quantitative estimate of drug-likeness (QED) is 0.851. The molecule has 0 saturated carbocycles. The zero-order chi connectivity index (χ0) is 13.9. The summed E-state index contributed by atoms with van der Waals surface area (Å²) >= 11 is 0. The van der Waals surface area contributed by atoms with Crippen molar-refractivity contribution in [2.45, 2.75) is 26.4 Å². The van der Waals surface area contributed by atoms with E-state index in [1.807, 2.05) is 12.4 Å². The molecule has 0 bridgehead atoms. The van der Waals surface area contributed by atoms with Crippen molar-refractivity contribution in [2.24, 2.45) is 0 Å². The average molecular weight is 272 g/mol. The largest absolute Gasteiger partial charge is 0.329 e. The summed E-state index contributed by atoms with van der Waals surface area (Å²) in [6.45, 7) is 11.5. The van der Waals surface area contributed by atoms with E-state index >= 15 is 0 Å². The van der Waals surface area contributed by atoms with E-state index in [-0.39, 0.29) is 0 Å². The van der Waals surface area contributed by atoms with Gasteiger partial charge in [0.2, 0.25) is 0 Å². The first-order valence-corrected chi connectivity index (χ1v) is 7.60. The lowest BCUT2D eigenvalue weighted by molar-refractivity contribution is 0.106. The molecule has 0 aliphatic carbocycles. The van der Waals surface area contributed by atoms with Gasteiger partial charge in [-0.3, -0.25) is 9.80 Å². The lowest BCUT2D eigenvalue weighted by Crippen LogP contribution is -2.49. The molecule has 108 valence electrons. The van der Waals surface area contributed by atoms with Crippen molar-refractivity contribution in [1.29, 1.82) is 0 Å². The van der Waals surface area contributed by atoms with Crippen LogP contribution in [0.5, 0.6) is 0 Å². The molecule has 1 saturated heterocycles. The maximum atomic E-state index is 4.45. The first-order chi connectivity index (χ1) is 9.74.